The van der Waals surface area contributed by atoms with Crippen molar-refractivity contribution in [3.05, 3.63) is 54.1 Å². The number of para-hydroxylation sites is 1. The molecule has 0 saturated heterocycles. The fraction of sp³-hybridized carbons (Fsp3) is 0.250. The van der Waals surface area contributed by atoms with E-state index in [9.17, 15) is 4.79 Å². The summed E-state index contributed by atoms with van der Waals surface area (Å²) in [5, 5.41) is 15.9. The van der Waals surface area contributed by atoms with Gasteiger partial charge in [-0.1, -0.05) is 30.0 Å². The van der Waals surface area contributed by atoms with Gasteiger partial charge in [-0.05, 0) is 19.1 Å². The maximum absolute atomic E-state index is 12.3. The smallest absolute Gasteiger partial charge is 0.254 e. The molecule has 0 aliphatic heterocycles. The lowest BCUT2D eigenvalue weighted by atomic mass is 10.2. The number of thioether (sulfide) groups is 1. The van der Waals surface area contributed by atoms with E-state index in [2.05, 4.69) is 20.6 Å². The van der Waals surface area contributed by atoms with Gasteiger partial charge in [-0.15, -0.1) is 10.2 Å². The van der Waals surface area contributed by atoms with Crippen LogP contribution in [-0.2, 0) is 7.05 Å². The van der Waals surface area contributed by atoms with Crippen LogP contribution >= 0.6 is 11.8 Å². The summed E-state index contributed by atoms with van der Waals surface area (Å²) in [6.07, 6.45) is 3.26. The Hall–Kier alpha value is -2.61. The fourth-order valence-electron chi connectivity index (χ4n) is 2.27. The molecule has 24 heavy (non-hydrogen) atoms. The molecule has 1 N–H and O–H groups in total. The van der Waals surface area contributed by atoms with Gasteiger partial charge >= 0.3 is 0 Å². The number of nitrogens with zero attached hydrogens (tertiary/aromatic N) is 5. The van der Waals surface area contributed by atoms with Crippen LogP contribution in [0.4, 0.5) is 0 Å². The molecule has 1 amide bonds. The third-order valence-corrected chi connectivity index (χ3v) is 4.58. The molecule has 7 nitrogen and oxygen atoms in total. The summed E-state index contributed by atoms with van der Waals surface area (Å²) in [6.45, 7) is 2.44. The van der Waals surface area contributed by atoms with Gasteiger partial charge in [0.05, 0.1) is 23.1 Å². The van der Waals surface area contributed by atoms with Gasteiger partial charge in [0.15, 0.2) is 5.16 Å². The minimum atomic E-state index is -0.117. The van der Waals surface area contributed by atoms with Crippen LogP contribution in [0.25, 0.3) is 5.69 Å². The van der Waals surface area contributed by atoms with Crippen molar-refractivity contribution >= 4 is 17.7 Å². The molecule has 0 unspecified atom stereocenters. The Labute approximate surface area is 144 Å². The molecule has 0 radical (unpaired) electrons. The van der Waals surface area contributed by atoms with Crippen molar-refractivity contribution in [2.45, 2.75) is 12.1 Å². The summed E-state index contributed by atoms with van der Waals surface area (Å²) >= 11 is 1.55. The molecule has 0 fully saturated rings. The van der Waals surface area contributed by atoms with Crippen molar-refractivity contribution in [3.63, 3.8) is 0 Å². The first-order valence-corrected chi connectivity index (χ1v) is 8.50. The number of nitrogens with one attached hydrogen (secondary N) is 1. The van der Waals surface area contributed by atoms with Crippen LogP contribution in [0.5, 0.6) is 0 Å². The molecule has 3 rings (SSSR count). The van der Waals surface area contributed by atoms with E-state index in [0.29, 0.717) is 12.1 Å². The number of carbonyl (C=O) groups is 1. The monoisotopic (exact) mass is 342 g/mol. The molecular formula is C16H18N6OS. The van der Waals surface area contributed by atoms with Crippen LogP contribution in [0, 0.1) is 6.92 Å². The van der Waals surface area contributed by atoms with E-state index in [1.165, 1.54) is 0 Å². The van der Waals surface area contributed by atoms with E-state index in [1.807, 2.05) is 48.9 Å². The predicted octanol–water partition coefficient (Wildman–Crippen LogP) is 1.83. The predicted molar refractivity (Wildman–Crippen MR) is 92.4 cm³/mol. The highest BCUT2D eigenvalue weighted by Crippen LogP contribution is 2.14. The standard InChI is InChI=1S/C16H18N6OS/c1-12-14(10-19-22(12)13-6-4-3-5-7-13)15(23)17-8-9-24-16-20-18-11-21(16)2/h3-7,10-11H,8-9H2,1-2H3,(H,17,23). The Bertz CT molecular complexity index is 826. The van der Waals surface area contributed by atoms with Gasteiger partial charge in [0.1, 0.15) is 6.33 Å². The van der Waals surface area contributed by atoms with Gasteiger partial charge in [-0.3, -0.25) is 4.79 Å². The maximum atomic E-state index is 12.3. The summed E-state index contributed by atoms with van der Waals surface area (Å²) in [5.74, 6) is 0.609. The van der Waals surface area contributed by atoms with Crippen LogP contribution in [0.15, 0.2) is 48.0 Å². The molecule has 3 aromatic rings. The number of rotatable bonds is 6. The summed E-state index contributed by atoms with van der Waals surface area (Å²) < 4.78 is 3.61. The van der Waals surface area contributed by atoms with Crippen LogP contribution in [-0.4, -0.2) is 42.7 Å². The summed E-state index contributed by atoms with van der Waals surface area (Å²) in [5.41, 5.74) is 2.34. The summed E-state index contributed by atoms with van der Waals surface area (Å²) in [7, 11) is 1.89. The average Bonchev–Trinajstić information content (AvgIpc) is 3.18. The normalized spacial score (nSPS) is 10.8. The van der Waals surface area contributed by atoms with Gasteiger partial charge in [0.2, 0.25) is 0 Å². The average molecular weight is 342 g/mol. The molecular weight excluding hydrogens is 324 g/mol. The summed E-state index contributed by atoms with van der Waals surface area (Å²) in [4.78, 5) is 12.3. The topological polar surface area (TPSA) is 77.6 Å². The third kappa shape index (κ3) is 3.48. The number of aryl methyl sites for hydroxylation is 1. The highest BCUT2D eigenvalue weighted by molar-refractivity contribution is 7.99. The van der Waals surface area contributed by atoms with Crippen molar-refractivity contribution in [2.75, 3.05) is 12.3 Å². The third-order valence-electron chi connectivity index (χ3n) is 3.54. The molecule has 2 heterocycles. The maximum Gasteiger partial charge on any atom is 0.254 e. The lowest BCUT2D eigenvalue weighted by Gasteiger charge is -2.06. The second kappa shape index (κ2) is 7.31. The minimum Gasteiger partial charge on any atom is -0.351 e. The largest absolute Gasteiger partial charge is 0.351 e. The Morgan fingerprint density at radius 2 is 2.08 bits per heavy atom. The van der Waals surface area contributed by atoms with Gasteiger partial charge < -0.3 is 9.88 Å². The first kappa shape index (κ1) is 16.3. The zero-order valence-electron chi connectivity index (χ0n) is 13.5. The fourth-order valence-corrected chi connectivity index (χ4v) is 3.01. The molecule has 124 valence electrons. The second-order valence-corrected chi connectivity index (χ2v) is 6.28. The van der Waals surface area contributed by atoms with Crippen LogP contribution < -0.4 is 5.32 Å². The van der Waals surface area contributed by atoms with Crippen molar-refractivity contribution in [3.8, 4) is 5.69 Å². The highest BCUT2D eigenvalue weighted by Gasteiger charge is 2.14. The molecule has 0 bridgehead atoms. The lowest BCUT2D eigenvalue weighted by Crippen LogP contribution is -2.26. The number of hydrogen-bond donors (Lipinski definition) is 1. The lowest BCUT2D eigenvalue weighted by molar-refractivity contribution is 0.0955. The SMILES string of the molecule is Cc1c(C(=O)NCCSc2nncn2C)cnn1-c1ccccc1. The number of carbonyl (C=O) groups excluding carboxylic acids is 1. The highest BCUT2D eigenvalue weighted by atomic mass is 32.2. The van der Waals surface area contributed by atoms with Gasteiger partial charge in [0, 0.05) is 19.3 Å². The van der Waals surface area contributed by atoms with Gasteiger partial charge in [-0.2, -0.15) is 5.10 Å². The van der Waals surface area contributed by atoms with Crippen molar-refractivity contribution < 1.29 is 4.79 Å². The van der Waals surface area contributed by atoms with E-state index >= 15 is 0 Å². The van der Waals surface area contributed by atoms with Crippen molar-refractivity contribution in [1.29, 1.82) is 0 Å². The van der Waals surface area contributed by atoms with E-state index in [4.69, 9.17) is 0 Å². The van der Waals surface area contributed by atoms with E-state index < -0.39 is 0 Å². The Morgan fingerprint density at radius 1 is 1.29 bits per heavy atom. The number of amides is 1. The Balaban J connectivity index is 1.58. The molecule has 0 spiro atoms. The zero-order chi connectivity index (χ0) is 16.9. The van der Waals surface area contributed by atoms with E-state index in [-0.39, 0.29) is 5.91 Å². The molecule has 0 atom stereocenters. The van der Waals surface area contributed by atoms with Crippen molar-refractivity contribution in [1.82, 2.24) is 29.9 Å². The Morgan fingerprint density at radius 3 is 2.79 bits per heavy atom. The Kier molecular flexibility index (Phi) is 4.95. The molecule has 0 saturated carbocycles. The summed E-state index contributed by atoms with van der Waals surface area (Å²) in [6, 6.07) is 9.75. The van der Waals surface area contributed by atoms with Crippen LogP contribution in [0.3, 0.4) is 0 Å². The number of benzene rings is 1. The van der Waals surface area contributed by atoms with E-state index in [0.717, 1.165) is 22.3 Å². The first-order chi connectivity index (χ1) is 11.7. The van der Waals surface area contributed by atoms with Crippen LogP contribution in [0.2, 0.25) is 0 Å². The first-order valence-electron chi connectivity index (χ1n) is 7.52. The van der Waals surface area contributed by atoms with Gasteiger partial charge in [0.25, 0.3) is 5.91 Å². The zero-order valence-corrected chi connectivity index (χ0v) is 14.3. The number of aromatic nitrogens is 5. The number of hydrogen-bond acceptors (Lipinski definition) is 5. The van der Waals surface area contributed by atoms with Gasteiger partial charge in [-0.25, -0.2) is 4.68 Å². The quantitative estimate of drug-likeness (QED) is 0.546. The molecule has 1 aromatic carbocycles. The molecule has 8 heteroatoms. The molecule has 0 aliphatic rings. The van der Waals surface area contributed by atoms with Crippen molar-refractivity contribution in [2.24, 2.45) is 7.05 Å². The van der Waals surface area contributed by atoms with Crippen LogP contribution in [0.1, 0.15) is 16.1 Å². The van der Waals surface area contributed by atoms with E-state index in [1.54, 1.807) is 29.0 Å². The minimum absolute atomic E-state index is 0.117. The molecule has 0 aliphatic carbocycles. The molecule has 2 aromatic heterocycles. The second-order valence-electron chi connectivity index (χ2n) is 5.22.